The first-order chi connectivity index (χ1) is 16.2. The largest absolute Gasteiger partial charge is 0.486 e. The Labute approximate surface area is 199 Å². The SMILES string of the molecule is CC1CC(C)CN(C(=O)COC(=O)c2ccccc2NS(=O)(=O)c2ccc3c(c2)OCCO3)C1. The van der Waals surface area contributed by atoms with Gasteiger partial charge in [-0.25, -0.2) is 13.2 Å². The molecule has 2 atom stereocenters. The van der Waals surface area contributed by atoms with Crippen molar-refractivity contribution < 1.29 is 32.2 Å². The lowest BCUT2D eigenvalue weighted by Crippen LogP contribution is -2.44. The number of carbonyl (C=O) groups excluding carboxylic acids is 2. The molecule has 4 rings (SSSR count). The van der Waals surface area contributed by atoms with Gasteiger partial charge in [0.05, 0.1) is 16.1 Å². The summed E-state index contributed by atoms with van der Waals surface area (Å²) in [6.07, 6.45) is 1.06. The minimum Gasteiger partial charge on any atom is -0.486 e. The second-order valence-electron chi connectivity index (χ2n) is 8.78. The van der Waals surface area contributed by atoms with Crippen LogP contribution in [0.3, 0.4) is 0 Å². The van der Waals surface area contributed by atoms with Gasteiger partial charge < -0.3 is 19.1 Å². The fourth-order valence-corrected chi connectivity index (χ4v) is 5.40. The Morgan fingerprint density at radius 2 is 1.71 bits per heavy atom. The third kappa shape index (κ3) is 5.44. The summed E-state index contributed by atoms with van der Waals surface area (Å²) in [5.74, 6) is 0.532. The van der Waals surface area contributed by atoms with Gasteiger partial charge in [0.2, 0.25) is 0 Å². The zero-order chi connectivity index (χ0) is 24.3. The lowest BCUT2D eigenvalue weighted by atomic mass is 9.92. The Morgan fingerprint density at radius 3 is 2.44 bits per heavy atom. The third-order valence-corrected chi connectivity index (χ3v) is 7.13. The molecular weight excluding hydrogens is 460 g/mol. The quantitative estimate of drug-likeness (QED) is 0.623. The number of esters is 1. The summed E-state index contributed by atoms with van der Waals surface area (Å²) in [5.41, 5.74) is 0.0619. The molecule has 2 heterocycles. The average molecular weight is 489 g/mol. The Balaban J connectivity index is 1.45. The van der Waals surface area contributed by atoms with Crippen LogP contribution in [-0.2, 0) is 19.6 Å². The predicted molar refractivity (Wildman–Crippen MR) is 124 cm³/mol. The van der Waals surface area contributed by atoms with Crippen LogP contribution in [0, 0.1) is 11.8 Å². The van der Waals surface area contributed by atoms with Crippen molar-refractivity contribution in [2.75, 3.05) is 37.6 Å². The van der Waals surface area contributed by atoms with Crippen LogP contribution >= 0.6 is 0 Å². The zero-order valence-corrected chi connectivity index (χ0v) is 20.0. The van der Waals surface area contributed by atoms with Crippen LogP contribution in [0.4, 0.5) is 5.69 Å². The standard InChI is InChI=1S/C24H28N2O7S/c1-16-11-17(2)14-26(13-16)23(27)15-33-24(28)19-5-3-4-6-20(19)25-34(29,30)18-7-8-21-22(12-18)32-10-9-31-21/h3-8,12,16-17,25H,9-11,13-15H2,1-2H3. The maximum Gasteiger partial charge on any atom is 0.340 e. The van der Waals surface area contributed by atoms with Crippen LogP contribution in [0.1, 0.15) is 30.6 Å². The normalized spacial score (nSPS) is 19.9. The molecule has 10 heteroatoms. The van der Waals surface area contributed by atoms with Crippen molar-refractivity contribution >= 4 is 27.6 Å². The summed E-state index contributed by atoms with van der Waals surface area (Å²) in [6, 6.07) is 10.4. The van der Waals surface area contributed by atoms with Gasteiger partial charge >= 0.3 is 5.97 Å². The molecule has 2 aliphatic heterocycles. The molecule has 34 heavy (non-hydrogen) atoms. The summed E-state index contributed by atoms with van der Waals surface area (Å²) in [5, 5.41) is 0. The van der Waals surface area contributed by atoms with Crippen molar-refractivity contribution in [3.63, 3.8) is 0 Å². The Bertz CT molecular complexity index is 1170. The minimum atomic E-state index is -4.03. The number of rotatable bonds is 6. The number of anilines is 1. The van der Waals surface area contributed by atoms with Gasteiger partial charge in [0, 0.05) is 19.2 Å². The van der Waals surface area contributed by atoms with Crippen molar-refractivity contribution in [2.24, 2.45) is 11.8 Å². The van der Waals surface area contributed by atoms with Crippen molar-refractivity contribution in [1.29, 1.82) is 0 Å². The predicted octanol–water partition coefficient (Wildman–Crippen LogP) is 2.92. The number of hydrogen-bond donors (Lipinski definition) is 1. The van der Waals surface area contributed by atoms with Crippen molar-refractivity contribution in [3.8, 4) is 11.5 Å². The fourth-order valence-electron chi connectivity index (χ4n) is 4.31. The number of sulfonamides is 1. The fraction of sp³-hybridized carbons (Fsp3) is 0.417. The van der Waals surface area contributed by atoms with E-state index in [2.05, 4.69) is 18.6 Å². The molecule has 2 aliphatic rings. The van der Waals surface area contributed by atoms with Crippen molar-refractivity contribution in [1.82, 2.24) is 4.90 Å². The molecule has 1 fully saturated rings. The van der Waals surface area contributed by atoms with E-state index in [1.807, 2.05) is 0 Å². The lowest BCUT2D eigenvalue weighted by Gasteiger charge is -2.34. The number of amides is 1. The summed E-state index contributed by atoms with van der Waals surface area (Å²) >= 11 is 0. The topological polar surface area (TPSA) is 111 Å². The van der Waals surface area contributed by atoms with Gasteiger partial charge in [0.1, 0.15) is 13.2 Å². The molecule has 2 aromatic carbocycles. The molecule has 182 valence electrons. The summed E-state index contributed by atoms with van der Waals surface area (Å²) < 4.78 is 44.5. The number of para-hydroxylation sites is 1. The van der Waals surface area contributed by atoms with Crippen LogP contribution < -0.4 is 14.2 Å². The maximum atomic E-state index is 13.0. The zero-order valence-electron chi connectivity index (χ0n) is 19.2. The summed E-state index contributed by atoms with van der Waals surface area (Å²) in [4.78, 5) is 27.0. The van der Waals surface area contributed by atoms with Gasteiger partial charge in [-0.1, -0.05) is 26.0 Å². The molecule has 1 saturated heterocycles. The third-order valence-electron chi connectivity index (χ3n) is 5.76. The molecule has 0 radical (unpaired) electrons. The molecule has 0 aliphatic carbocycles. The van der Waals surface area contributed by atoms with Crippen molar-refractivity contribution in [2.45, 2.75) is 25.2 Å². The highest BCUT2D eigenvalue weighted by Crippen LogP contribution is 2.33. The van der Waals surface area contributed by atoms with E-state index >= 15 is 0 Å². The van der Waals surface area contributed by atoms with Gasteiger partial charge in [-0.15, -0.1) is 0 Å². The second kappa shape index (κ2) is 9.92. The highest BCUT2D eigenvalue weighted by molar-refractivity contribution is 7.92. The monoisotopic (exact) mass is 488 g/mol. The number of ether oxygens (including phenoxy) is 3. The first kappa shape index (κ1) is 23.9. The minimum absolute atomic E-state index is 0.0109. The van der Waals surface area contributed by atoms with Crippen molar-refractivity contribution in [3.05, 3.63) is 48.0 Å². The number of fused-ring (bicyclic) bond motifs is 1. The van der Waals surface area contributed by atoms with E-state index in [4.69, 9.17) is 14.2 Å². The number of piperidine rings is 1. The van der Waals surface area contributed by atoms with E-state index in [1.54, 1.807) is 17.0 Å². The molecule has 1 amide bonds. The number of carbonyl (C=O) groups is 2. The Morgan fingerprint density at radius 1 is 1.03 bits per heavy atom. The number of nitrogens with one attached hydrogen (secondary N) is 1. The molecule has 2 unspecified atom stereocenters. The number of hydrogen-bond acceptors (Lipinski definition) is 7. The van der Waals surface area contributed by atoms with Gasteiger partial charge in [-0.2, -0.15) is 0 Å². The molecule has 0 saturated carbocycles. The lowest BCUT2D eigenvalue weighted by molar-refractivity contribution is -0.137. The van der Waals surface area contributed by atoms with E-state index in [0.29, 0.717) is 49.6 Å². The molecule has 0 bridgehead atoms. The molecule has 9 nitrogen and oxygen atoms in total. The molecule has 0 spiro atoms. The summed E-state index contributed by atoms with van der Waals surface area (Å²) in [7, 11) is -4.03. The van der Waals surface area contributed by atoms with Gasteiger partial charge in [0.15, 0.2) is 18.1 Å². The van der Waals surface area contributed by atoms with Crippen LogP contribution in [0.2, 0.25) is 0 Å². The highest BCUT2D eigenvalue weighted by atomic mass is 32.2. The van der Waals surface area contributed by atoms with E-state index in [1.165, 1.54) is 30.3 Å². The van der Waals surface area contributed by atoms with E-state index in [-0.39, 0.29) is 22.1 Å². The first-order valence-corrected chi connectivity index (χ1v) is 12.7. The summed E-state index contributed by atoms with van der Waals surface area (Å²) in [6.45, 7) is 5.76. The highest BCUT2D eigenvalue weighted by Gasteiger charge is 2.27. The molecule has 1 N–H and O–H groups in total. The van der Waals surface area contributed by atoms with Crippen LogP contribution in [0.25, 0.3) is 0 Å². The van der Waals surface area contributed by atoms with E-state index in [9.17, 15) is 18.0 Å². The van der Waals surface area contributed by atoms with Gasteiger partial charge in [0.25, 0.3) is 15.9 Å². The van der Waals surface area contributed by atoms with Gasteiger partial charge in [-0.3, -0.25) is 9.52 Å². The Kier molecular flexibility index (Phi) is 6.97. The molecular formula is C24H28N2O7S. The average Bonchev–Trinajstić information content (AvgIpc) is 2.81. The first-order valence-electron chi connectivity index (χ1n) is 11.2. The number of nitrogens with zero attached hydrogens (tertiary/aromatic N) is 1. The number of benzene rings is 2. The molecule has 2 aromatic rings. The van der Waals surface area contributed by atoms with Crippen LogP contribution in [0.15, 0.2) is 47.4 Å². The maximum absolute atomic E-state index is 13.0. The smallest absolute Gasteiger partial charge is 0.340 e. The van der Waals surface area contributed by atoms with Crippen LogP contribution in [0.5, 0.6) is 11.5 Å². The number of likely N-dealkylation sites (tertiary alicyclic amines) is 1. The molecule has 0 aromatic heterocycles. The van der Waals surface area contributed by atoms with Crippen LogP contribution in [-0.4, -0.2) is 58.1 Å². The Hall–Kier alpha value is -3.27. The van der Waals surface area contributed by atoms with E-state index < -0.39 is 22.6 Å². The second-order valence-corrected chi connectivity index (χ2v) is 10.5. The van der Waals surface area contributed by atoms with Gasteiger partial charge in [-0.05, 0) is 42.5 Å². The van der Waals surface area contributed by atoms with E-state index in [0.717, 1.165) is 6.42 Å².